The Morgan fingerprint density at radius 3 is 2.70 bits per heavy atom. The molecule has 0 amide bonds. The number of alkyl halides is 1. The third-order valence-electron chi connectivity index (χ3n) is 2.99. The largest absolute Gasteiger partial charge is 0.494 e. The molecule has 0 aliphatic rings. The third-order valence-corrected chi connectivity index (χ3v) is 4.27. The monoisotopic (exact) mass is 356 g/mol. The smallest absolute Gasteiger partial charge is 0.129 e. The van der Waals surface area contributed by atoms with Crippen molar-refractivity contribution < 1.29 is 9.13 Å². The Bertz CT molecular complexity index is 595. The average Bonchev–Trinajstić information content (AvgIpc) is 2.40. The van der Waals surface area contributed by atoms with Gasteiger partial charge in [-0.3, -0.25) is 0 Å². The summed E-state index contributed by atoms with van der Waals surface area (Å²) in [6.07, 6.45) is 0. The highest BCUT2D eigenvalue weighted by molar-refractivity contribution is 9.09. The van der Waals surface area contributed by atoms with Gasteiger partial charge in [-0.05, 0) is 32.0 Å². The molecule has 1 atom stereocenters. The molecule has 0 N–H and O–H groups in total. The second kappa shape index (κ2) is 6.59. The minimum atomic E-state index is -0.349. The van der Waals surface area contributed by atoms with Crippen molar-refractivity contribution in [3.8, 4) is 5.75 Å². The van der Waals surface area contributed by atoms with E-state index in [0.717, 1.165) is 16.9 Å². The zero-order valence-corrected chi connectivity index (χ0v) is 13.6. The van der Waals surface area contributed by atoms with Crippen LogP contribution in [-0.2, 0) is 0 Å². The standard InChI is InChI=1S/C16H15BrClFO/c1-3-20-14-8-7-10(2)9-11(14)16(17)15-12(18)5-4-6-13(15)19/h4-9,16H,3H2,1-2H3. The predicted molar refractivity (Wildman–Crippen MR) is 84.5 cm³/mol. The topological polar surface area (TPSA) is 9.23 Å². The van der Waals surface area contributed by atoms with Crippen LogP contribution in [0.2, 0.25) is 5.02 Å². The van der Waals surface area contributed by atoms with E-state index in [1.807, 2.05) is 32.0 Å². The van der Waals surface area contributed by atoms with Crippen molar-refractivity contribution in [2.75, 3.05) is 6.61 Å². The SMILES string of the molecule is CCOc1ccc(C)cc1C(Br)c1c(F)cccc1Cl. The minimum Gasteiger partial charge on any atom is -0.494 e. The lowest BCUT2D eigenvalue weighted by Crippen LogP contribution is -2.03. The second-order valence-electron chi connectivity index (χ2n) is 4.47. The zero-order valence-electron chi connectivity index (χ0n) is 11.3. The van der Waals surface area contributed by atoms with E-state index in [4.69, 9.17) is 16.3 Å². The lowest BCUT2D eigenvalue weighted by atomic mass is 10.0. The Morgan fingerprint density at radius 2 is 2.05 bits per heavy atom. The zero-order chi connectivity index (χ0) is 14.7. The van der Waals surface area contributed by atoms with Crippen LogP contribution in [0.3, 0.4) is 0 Å². The summed E-state index contributed by atoms with van der Waals surface area (Å²) in [5, 5.41) is 0.399. The van der Waals surface area contributed by atoms with Crippen LogP contribution in [0, 0.1) is 12.7 Å². The molecule has 4 heteroatoms. The van der Waals surface area contributed by atoms with Gasteiger partial charge in [-0.1, -0.05) is 51.3 Å². The average molecular weight is 358 g/mol. The number of hydrogen-bond donors (Lipinski definition) is 0. The van der Waals surface area contributed by atoms with Gasteiger partial charge in [0.05, 0.1) is 11.4 Å². The van der Waals surface area contributed by atoms with E-state index in [1.165, 1.54) is 6.07 Å². The van der Waals surface area contributed by atoms with Gasteiger partial charge >= 0.3 is 0 Å². The summed E-state index contributed by atoms with van der Waals surface area (Å²) in [6.45, 7) is 4.46. The number of ether oxygens (including phenoxy) is 1. The molecule has 0 aliphatic heterocycles. The molecule has 0 radical (unpaired) electrons. The normalized spacial score (nSPS) is 12.2. The third kappa shape index (κ3) is 3.15. The molecule has 0 saturated heterocycles. The highest BCUT2D eigenvalue weighted by Gasteiger charge is 2.21. The van der Waals surface area contributed by atoms with Crippen molar-refractivity contribution in [2.45, 2.75) is 18.7 Å². The highest BCUT2D eigenvalue weighted by atomic mass is 79.9. The van der Waals surface area contributed by atoms with Crippen LogP contribution in [0.4, 0.5) is 4.39 Å². The van der Waals surface area contributed by atoms with E-state index >= 15 is 0 Å². The summed E-state index contributed by atoms with van der Waals surface area (Å²) < 4.78 is 19.7. The predicted octanol–water partition coefficient (Wildman–Crippen LogP) is 5.67. The Hall–Kier alpha value is -1.06. The Labute approximate surface area is 131 Å². The number of rotatable bonds is 4. The van der Waals surface area contributed by atoms with Gasteiger partial charge in [-0.15, -0.1) is 0 Å². The van der Waals surface area contributed by atoms with Crippen molar-refractivity contribution in [3.05, 3.63) is 63.9 Å². The molecule has 2 aromatic rings. The maximum Gasteiger partial charge on any atom is 0.129 e. The molecule has 0 aliphatic carbocycles. The molecular formula is C16H15BrClFO. The summed E-state index contributed by atoms with van der Waals surface area (Å²) >= 11 is 9.68. The van der Waals surface area contributed by atoms with Crippen molar-refractivity contribution in [1.29, 1.82) is 0 Å². The van der Waals surface area contributed by atoms with Gasteiger partial charge in [0, 0.05) is 16.1 Å². The lowest BCUT2D eigenvalue weighted by Gasteiger charge is -2.18. The molecule has 2 rings (SSSR count). The van der Waals surface area contributed by atoms with Crippen LogP contribution in [0.5, 0.6) is 5.75 Å². The van der Waals surface area contributed by atoms with Crippen molar-refractivity contribution >= 4 is 27.5 Å². The van der Waals surface area contributed by atoms with Gasteiger partial charge in [0.1, 0.15) is 11.6 Å². The van der Waals surface area contributed by atoms with Crippen LogP contribution in [-0.4, -0.2) is 6.61 Å². The Balaban J connectivity index is 2.52. The fourth-order valence-electron chi connectivity index (χ4n) is 2.06. The van der Waals surface area contributed by atoms with E-state index in [9.17, 15) is 4.39 Å². The first-order valence-corrected chi connectivity index (χ1v) is 7.65. The Morgan fingerprint density at radius 1 is 1.30 bits per heavy atom. The number of benzene rings is 2. The first kappa shape index (κ1) is 15.3. The van der Waals surface area contributed by atoms with Gasteiger partial charge in [0.25, 0.3) is 0 Å². The molecule has 0 aromatic heterocycles. The van der Waals surface area contributed by atoms with E-state index in [0.29, 0.717) is 17.2 Å². The molecule has 0 heterocycles. The lowest BCUT2D eigenvalue weighted by molar-refractivity contribution is 0.337. The van der Waals surface area contributed by atoms with Crippen LogP contribution in [0.15, 0.2) is 36.4 Å². The molecule has 106 valence electrons. The number of halogens is 3. The van der Waals surface area contributed by atoms with Crippen molar-refractivity contribution in [1.82, 2.24) is 0 Å². The van der Waals surface area contributed by atoms with Crippen molar-refractivity contribution in [2.24, 2.45) is 0 Å². The van der Waals surface area contributed by atoms with Gasteiger partial charge < -0.3 is 4.74 Å². The molecule has 2 aromatic carbocycles. The maximum absolute atomic E-state index is 14.0. The number of aryl methyl sites for hydroxylation is 1. The fraction of sp³-hybridized carbons (Fsp3) is 0.250. The molecule has 0 fully saturated rings. The molecule has 0 saturated carbocycles. The van der Waals surface area contributed by atoms with E-state index in [1.54, 1.807) is 12.1 Å². The summed E-state index contributed by atoms with van der Waals surface area (Å²) in [5.41, 5.74) is 2.39. The van der Waals surface area contributed by atoms with E-state index in [2.05, 4.69) is 15.9 Å². The minimum absolute atomic E-state index is 0.330. The van der Waals surface area contributed by atoms with Crippen LogP contribution >= 0.6 is 27.5 Å². The summed E-state index contributed by atoms with van der Waals surface area (Å²) in [4.78, 5) is -0.349. The van der Waals surface area contributed by atoms with Crippen LogP contribution in [0.25, 0.3) is 0 Å². The van der Waals surface area contributed by atoms with Gasteiger partial charge in [-0.25, -0.2) is 4.39 Å². The molecule has 1 unspecified atom stereocenters. The maximum atomic E-state index is 14.0. The van der Waals surface area contributed by atoms with Gasteiger partial charge in [0.2, 0.25) is 0 Å². The number of hydrogen-bond acceptors (Lipinski definition) is 1. The van der Waals surface area contributed by atoms with Crippen LogP contribution < -0.4 is 4.74 Å². The highest BCUT2D eigenvalue weighted by Crippen LogP contribution is 2.41. The first-order valence-electron chi connectivity index (χ1n) is 6.36. The van der Waals surface area contributed by atoms with E-state index < -0.39 is 0 Å². The second-order valence-corrected chi connectivity index (χ2v) is 5.80. The molecule has 20 heavy (non-hydrogen) atoms. The molecule has 0 bridgehead atoms. The molecule has 1 nitrogen and oxygen atoms in total. The fourth-order valence-corrected chi connectivity index (χ4v) is 3.29. The quantitative estimate of drug-likeness (QED) is 0.641. The van der Waals surface area contributed by atoms with Crippen molar-refractivity contribution in [3.63, 3.8) is 0 Å². The summed E-state index contributed by atoms with van der Waals surface area (Å²) in [5.74, 6) is 0.405. The molecule has 0 spiro atoms. The van der Waals surface area contributed by atoms with E-state index in [-0.39, 0.29) is 10.6 Å². The van der Waals surface area contributed by atoms with Gasteiger partial charge in [0.15, 0.2) is 0 Å². The summed E-state index contributed by atoms with van der Waals surface area (Å²) in [6, 6.07) is 10.5. The molecular weight excluding hydrogens is 343 g/mol. The van der Waals surface area contributed by atoms with Gasteiger partial charge in [-0.2, -0.15) is 0 Å². The summed E-state index contributed by atoms with van der Waals surface area (Å²) in [7, 11) is 0. The van der Waals surface area contributed by atoms with Crippen LogP contribution in [0.1, 0.15) is 28.4 Å². The Kier molecular flexibility index (Phi) is 5.06. The first-order chi connectivity index (χ1) is 9.54.